The van der Waals surface area contributed by atoms with E-state index in [1.165, 1.54) is 19.3 Å². The maximum atomic E-state index is 12.3. The highest BCUT2D eigenvalue weighted by Crippen LogP contribution is 2.61. The van der Waals surface area contributed by atoms with Gasteiger partial charge in [-0.2, -0.15) is 31.6 Å². The quantitative estimate of drug-likeness (QED) is 0.0670. The molecule has 0 aliphatic carbocycles. The van der Waals surface area contributed by atoms with Crippen LogP contribution in [-0.2, 0) is 44.1 Å². The number of hydrogen-bond donors (Lipinski definition) is 10. The number of halogens is 12. The van der Waals surface area contributed by atoms with Gasteiger partial charge in [0.05, 0.1) is 38.1 Å². The van der Waals surface area contributed by atoms with Gasteiger partial charge in [-0.1, -0.05) is 0 Å². The molecule has 358 valence electrons. The lowest BCUT2D eigenvalue weighted by Gasteiger charge is -2.16. The van der Waals surface area contributed by atoms with Gasteiger partial charge in [0.1, 0.15) is 17.5 Å². The second-order valence-corrected chi connectivity index (χ2v) is 16.7. The molecule has 0 fully saturated rings. The van der Waals surface area contributed by atoms with E-state index >= 15 is 0 Å². The van der Waals surface area contributed by atoms with Crippen molar-refractivity contribution in [1.29, 1.82) is 5.26 Å². The Morgan fingerprint density at radius 1 is 0.984 bits per heavy atom. The molecule has 0 spiro atoms. The van der Waals surface area contributed by atoms with Crippen LogP contribution >= 0.6 is 74.5 Å². The Hall–Kier alpha value is -2.88. The minimum Gasteiger partial charge on any atom is -0.424 e. The van der Waals surface area contributed by atoms with Crippen LogP contribution in [0.5, 0.6) is 0 Å². The summed E-state index contributed by atoms with van der Waals surface area (Å²) >= 11 is 24.3. The average molecular weight is 1040 g/mol. The number of nitrogens with two attached hydrogens (primary N) is 4. The first-order valence-electron chi connectivity index (χ1n) is 15.8. The third kappa shape index (κ3) is 46.5. The summed E-state index contributed by atoms with van der Waals surface area (Å²) in [5.74, 6) is 6.59. The number of nitrogens with zero attached hydrogens (tertiary/aromatic N) is 7. The number of carbonyl (C=O) groups excluding carboxylic acids is 3. The number of alkyl halides is 8. The van der Waals surface area contributed by atoms with Gasteiger partial charge in [-0.25, -0.2) is 0 Å². The van der Waals surface area contributed by atoms with Crippen molar-refractivity contribution < 1.29 is 54.8 Å². The highest BCUT2D eigenvalue weighted by Gasteiger charge is 2.39. The summed E-state index contributed by atoms with van der Waals surface area (Å²) in [7, 11) is 1.00. The lowest BCUT2D eigenvalue weighted by molar-refractivity contribution is -0.174. The van der Waals surface area contributed by atoms with E-state index in [2.05, 4.69) is 92.2 Å². The van der Waals surface area contributed by atoms with Crippen LogP contribution in [0, 0.1) is 18.3 Å². The summed E-state index contributed by atoms with van der Waals surface area (Å²) in [5, 5.41) is 32.9. The zero-order chi connectivity index (χ0) is 48.0. The van der Waals surface area contributed by atoms with Crippen LogP contribution in [0.15, 0.2) is 9.41 Å². The summed E-state index contributed by atoms with van der Waals surface area (Å²) in [4.78, 5) is 34.7. The number of aromatic nitrogens is 5. The second-order valence-electron chi connectivity index (χ2n) is 9.48. The summed E-state index contributed by atoms with van der Waals surface area (Å²) in [6, 6.07) is 1.75. The third-order valence-corrected chi connectivity index (χ3v) is 5.40. The molecule has 4 heterocycles. The molecular weight excluding hydrogens is 990 g/mol. The largest absolute Gasteiger partial charge is 0.472 e. The Bertz CT molecular complexity index is 1540. The molecular formula is C26H49Cl6F6N16O6P. The number of amides is 2. The summed E-state index contributed by atoms with van der Waals surface area (Å²) in [5.41, 5.74) is 13.4. The molecule has 2 aromatic rings. The number of aryl methyl sites for hydroxylation is 1. The monoisotopic (exact) mass is 1040 g/mol. The number of ketones is 1. The van der Waals surface area contributed by atoms with Crippen LogP contribution in [-0.4, -0.2) is 118 Å². The molecule has 14 N–H and O–H groups in total. The number of nitriles is 1. The SMILES string of the molecule is CC#N.CC(=O)NCC(=O)CCl.CO.Cc1nnc(CCl)o1.Cl.FC(F)(F)c1nnc2n1CCNC2.NCCN.NN.O=C(NNC1=NCCNC1)C(F)(F)F.O=P(Cl)(Cl)Cl. The molecule has 2 aliphatic heterocycles. The predicted octanol–water partition coefficient (Wildman–Crippen LogP) is 1.71. The molecule has 22 nitrogen and oxygen atoms in total. The van der Waals surface area contributed by atoms with Crippen molar-refractivity contribution in [3.05, 3.63) is 23.4 Å². The number of aliphatic imine (C=N–C) groups is 1. The zero-order valence-corrected chi connectivity index (χ0v) is 38.2. The Labute approximate surface area is 377 Å². The van der Waals surface area contributed by atoms with E-state index in [0.717, 1.165) is 11.7 Å². The van der Waals surface area contributed by atoms with E-state index in [1.54, 1.807) is 13.0 Å². The van der Waals surface area contributed by atoms with Crippen molar-refractivity contribution >= 4 is 98.0 Å². The fraction of sp³-hybridized carbons (Fsp3) is 0.654. The lowest BCUT2D eigenvalue weighted by atomic mass is 10.4. The van der Waals surface area contributed by atoms with Crippen molar-refractivity contribution in [3.8, 4) is 6.07 Å². The van der Waals surface area contributed by atoms with Crippen molar-refractivity contribution in [2.24, 2.45) is 28.1 Å². The van der Waals surface area contributed by atoms with Gasteiger partial charge in [0, 0.05) is 60.6 Å². The van der Waals surface area contributed by atoms with Crippen LogP contribution in [0.4, 0.5) is 26.3 Å². The number of rotatable bonds is 5. The van der Waals surface area contributed by atoms with Crippen LogP contribution in [0.25, 0.3) is 0 Å². The summed E-state index contributed by atoms with van der Waals surface area (Å²) in [6.45, 7) is 8.36. The standard InChI is InChI=1S/C6H9F3N4O.C6H7F3N4.C5H8ClNO2.C4H5ClN2O.C2H8N2.C2H3N.CH4O.Cl3OP.ClH.H4N2/c7-6(8,9)5(14)13-12-4-3-10-1-2-11-4;7-6(8,9)5-12-11-4-3-10-1-2-13(4)5;1-4(8)7-3-5(9)2-6;1-3-6-7-4(2-5)8-3;3-1-2-4;1-2-3;1-2;1-5(2,3)4;;1-2/h10H,1-3H2,(H,11,12)(H,13,14);10H,1-3H2;2-3H2,1H3,(H,7,8);2H2,1H3;1-4H2;1H3;2H,1H3;;1H;1-2H2. The van der Waals surface area contributed by atoms with Gasteiger partial charge in [0.2, 0.25) is 23.5 Å². The van der Waals surface area contributed by atoms with Gasteiger partial charge in [-0.15, -0.1) is 56.0 Å². The normalized spacial score (nSPS) is 12.0. The summed E-state index contributed by atoms with van der Waals surface area (Å²) in [6.07, 6.45) is -9.28. The fourth-order valence-electron chi connectivity index (χ4n) is 2.78. The first-order chi connectivity index (χ1) is 27.9. The molecule has 0 bridgehead atoms. The zero-order valence-electron chi connectivity index (χ0n) is 32.7. The molecule has 0 aromatic carbocycles. The highest BCUT2D eigenvalue weighted by molar-refractivity contribution is 8.24. The van der Waals surface area contributed by atoms with Crippen LogP contribution in [0.3, 0.4) is 0 Å². The van der Waals surface area contributed by atoms with Gasteiger partial charge in [0.25, 0.3) is 0 Å². The molecule has 0 radical (unpaired) electrons. The Morgan fingerprint density at radius 2 is 1.49 bits per heavy atom. The molecule has 2 aliphatic rings. The molecule has 0 atom stereocenters. The van der Waals surface area contributed by atoms with Crippen LogP contribution < -0.4 is 50.0 Å². The third-order valence-electron chi connectivity index (χ3n) is 4.87. The molecule has 2 aromatic heterocycles. The number of fused-ring (bicyclic) bond motifs is 1. The van der Waals surface area contributed by atoms with Gasteiger partial charge < -0.3 is 41.5 Å². The number of hydrogen-bond acceptors (Lipinski definition) is 19. The molecule has 0 unspecified atom stereocenters. The van der Waals surface area contributed by atoms with Gasteiger partial charge >= 0.3 is 23.5 Å². The van der Waals surface area contributed by atoms with E-state index in [0.29, 0.717) is 69.3 Å². The maximum Gasteiger partial charge on any atom is 0.472 e. The van der Waals surface area contributed by atoms with Crippen molar-refractivity contribution in [3.63, 3.8) is 0 Å². The lowest BCUT2D eigenvalue weighted by Crippen LogP contribution is -2.51. The Balaban J connectivity index is -0.000000149. The number of aliphatic hydroxyl groups is 1. The topological polar surface area (TPSA) is 359 Å². The van der Waals surface area contributed by atoms with E-state index in [1.807, 2.05) is 0 Å². The number of nitrogens with one attached hydrogen (secondary N) is 5. The molecule has 4 rings (SSSR count). The Kier molecular flexibility index (Phi) is 48.5. The van der Waals surface area contributed by atoms with E-state index in [4.69, 9.17) is 49.5 Å². The van der Waals surface area contributed by atoms with Gasteiger partial charge in [0.15, 0.2) is 5.78 Å². The van der Waals surface area contributed by atoms with E-state index < -0.39 is 29.3 Å². The highest BCUT2D eigenvalue weighted by atomic mass is 36.0. The molecule has 0 saturated heterocycles. The predicted molar refractivity (Wildman–Crippen MR) is 221 cm³/mol. The smallest absolute Gasteiger partial charge is 0.424 e. The van der Waals surface area contributed by atoms with E-state index in [-0.39, 0.29) is 48.9 Å². The van der Waals surface area contributed by atoms with Gasteiger partial charge in [-0.3, -0.25) is 46.5 Å². The van der Waals surface area contributed by atoms with Crippen molar-refractivity contribution in [2.75, 3.05) is 58.8 Å². The fourth-order valence-corrected chi connectivity index (χ4v) is 2.98. The minimum absolute atomic E-state index is 0. The second kappa shape index (κ2) is 42.4. The van der Waals surface area contributed by atoms with Gasteiger partial charge in [-0.05, 0) is 33.7 Å². The number of Topliss-reactive ketones (excluding diaryl/α,β-unsaturated/α-hetero) is 1. The maximum absolute atomic E-state index is 12.3. The minimum atomic E-state index is -4.88. The number of aliphatic hydroxyl groups excluding tert-OH is 1. The number of hydrazine groups is 2. The first kappa shape index (κ1) is 69.8. The van der Waals surface area contributed by atoms with Crippen molar-refractivity contribution in [1.82, 2.24) is 51.8 Å². The van der Waals surface area contributed by atoms with Crippen LogP contribution in [0.1, 0.15) is 37.3 Å². The molecule has 35 heteroatoms. The number of amidine groups is 1. The molecule has 2 amide bonds. The summed E-state index contributed by atoms with van der Waals surface area (Å²) < 4.78 is 87.4. The first-order valence-corrected chi connectivity index (χ1v) is 21.3. The van der Waals surface area contributed by atoms with Crippen molar-refractivity contribution in [2.45, 2.75) is 52.1 Å². The Morgan fingerprint density at radius 3 is 1.84 bits per heavy atom. The number of carbonyl (C=O) groups is 3. The molecule has 61 heavy (non-hydrogen) atoms. The average Bonchev–Trinajstić information content (AvgIpc) is 3.84. The van der Waals surface area contributed by atoms with Crippen LogP contribution in [0.2, 0.25) is 0 Å². The molecule has 0 saturated carbocycles. The van der Waals surface area contributed by atoms with E-state index in [9.17, 15) is 45.3 Å².